The molecule has 0 bridgehead atoms. The number of carbonyl (C=O) groups is 2. The van der Waals surface area contributed by atoms with Gasteiger partial charge in [-0.05, 0) is 55.3 Å². The van der Waals surface area contributed by atoms with Crippen LogP contribution in [0.15, 0.2) is 42.5 Å². The SMILES string of the molecule is CCCNC(=O)[C@H](C)N(Cc1ccc(Cl)c(Cl)c1)C(=O)CN(c1ccc(OC)cc1)S(C)(=O)=O. The fraction of sp³-hybridized carbons (Fsp3) is 0.391. The van der Waals surface area contributed by atoms with E-state index in [-0.39, 0.29) is 12.5 Å². The lowest BCUT2D eigenvalue weighted by atomic mass is 10.1. The van der Waals surface area contributed by atoms with E-state index in [1.807, 2.05) is 6.92 Å². The first-order chi connectivity index (χ1) is 16.0. The van der Waals surface area contributed by atoms with Gasteiger partial charge in [0, 0.05) is 13.1 Å². The molecule has 2 aromatic rings. The smallest absolute Gasteiger partial charge is 0.244 e. The number of nitrogens with zero attached hydrogens (tertiary/aromatic N) is 2. The highest BCUT2D eigenvalue weighted by molar-refractivity contribution is 7.92. The van der Waals surface area contributed by atoms with Crippen LogP contribution >= 0.6 is 23.2 Å². The Kier molecular flexibility index (Phi) is 10.0. The quantitative estimate of drug-likeness (QED) is 0.478. The molecule has 0 saturated heterocycles. The number of anilines is 1. The van der Waals surface area contributed by atoms with Crippen LogP contribution in [0.3, 0.4) is 0 Å². The molecule has 0 saturated carbocycles. The van der Waals surface area contributed by atoms with Crippen molar-refractivity contribution in [3.8, 4) is 5.75 Å². The number of methoxy groups -OCH3 is 1. The lowest BCUT2D eigenvalue weighted by Gasteiger charge is -2.31. The zero-order valence-electron chi connectivity index (χ0n) is 19.5. The van der Waals surface area contributed by atoms with E-state index in [2.05, 4.69) is 5.32 Å². The summed E-state index contributed by atoms with van der Waals surface area (Å²) >= 11 is 12.1. The summed E-state index contributed by atoms with van der Waals surface area (Å²) in [7, 11) is -2.31. The van der Waals surface area contributed by atoms with Gasteiger partial charge in [0.1, 0.15) is 18.3 Å². The number of ether oxygens (including phenoxy) is 1. The summed E-state index contributed by atoms with van der Waals surface area (Å²) in [6.45, 7) is 3.52. The number of rotatable bonds is 11. The van der Waals surface area contributed by atoms with Gasteiger partial charge in [-0.15, -0.1) is 0 Å². The molecule has 11 heteroatoms. The Bertz CT molecular complexity index is 1110. The average Bonchev–Trinajstić information content (AvgIpc) is 2.80. The summed E-state index contributed by atoms with van der Waals surface area (Å²) in [5, 5.41) is 3.45. The molecule has 0 aliphatic heterocycles. The Morgan fingerprint density at radius 1 is 1.09 bits per heavy atom. The number of hydrogen-bond donors (Lipinski definition) is 1. The van der Waals surface area contributed by atoms with Gasteiger partial charge in [-0.3, -0.25) is 13.9 Å². The molecule has 1 atom stereocenters. The van der Waals surface area contributed by atoms with Crippen LogP contribution in [-0.4, -0.2) is 57.6 Å². The van der Waals surface area contributed by atoms with Crippen molar-refractivity contribution in [1.29, 1.82) is 0 Å². The van der Waals surface area contributed by atoms with Gasteiger partial charge >= 0.3 is 0 Å². The van der Waals surface area contributed by atoms with E-state index in [0.29, 0.717) is 33.6 Å². The van der Waals surface area contributed by atoms with Crippen molar-refractivity contribution in [1.82, 2.24) is 10.2 Å². The molecule has 34 heavy (non-hydrogen) atoms. The Hall–Kier alpha value is -2.49. The van der Waals surface area contributed by atoms with Crippen molar-refractivity contribution in [3.05, 3.63) is 58.1 Å². The zero-order valence-corrected chi connectivity index (χ0v) is 21.9. The molecule has 0 aliphatic carbocycles. The van der Waals surface area contributed by atoms with Gasteiger partial charge in [-0.1, -0.05) is 36.2 Å². The molecule has 0 aliphatic rings. The van der Waals surface area contributed by atoms with Crippen LogP contribution in [-0.2, 0) is 26.2 Å². The second kappa shape index (κ2) is 12.3. The number of benzene rings is 2. The van der Waals surface area contributed by atoms with Gasteiger partial charge in [-0.25, -0.2) is 8.42 Å². The van der Waals surface area contributed by atoms with Crippen molar-refractivity contribution in [3.63, 3.8) is 0 Å². The molecular weight excluding hydrogens is 501 g/mol. The molecule has 8 nitrogen and oxygen atoms in total. The van der Waals surface area contributed by atoms with Crippen molar-refractivity contribution in [2.75, 3.05) is 30.8 Å². The molecule has 0 unspecified atom stereocenters. The van der Waals surface area contributed by atoms with Crippen molar-refractivity contribution < 1.29 is 22.7 Å². The highest BCUT2D eigenvalue weighted by Gasteiger charge is 2.30. The van der Waals surface area contributed by atoms with E-state index in [1.165, 1.54) is 12.0 Å². The normalized spacial score (nSPS) is 12.1. The minimum atomic E-state index is -3.81. The summed E-state index contributed by atoms with van der Waals surface area (Å²) in [5.74, 6) is -0.344. The standard InChI is InChI=1S/C23H29Cl2N3O5S/c1-5-12-26-23(30)16(2)27(14-17-6-11-20(24)21(25)13-17)22(29)15-28(34(4,31)32)18-7-9-19(33-3)10-8-18/h6-11,13,16H,5,12,14-15H2,1-4H3,(H,26,30)/t16-/m0/s1. The molecule has 186 valence electrons. The van der Waals surface area contributed by atoms with E-state index in [9.17, 15) is 18.0 Å². The zero-order chi connectivity index (χ0) is 25.5. The lowest BCUT2D eigenvalue weighted by molar-refractivity contribution is -0.139. The van der Waals surface area contributed by atoms with E-state index >= 15 is 0 Å². The molecule has 2 rings (SSSR count). The maximum Gasteiger partial charge on any atom is 0.244 e. The Morgan fingerprint density at radius 2 is 1.74 bits per heavy atom. The maximum absolute atomic E-state index is 13.4. The van der Waals surface area contributed by atoms with Gasteiger partial charge in [0.15, 0.2) is 0 Å². The van der Waals surface area contributed by atoms with E-state index < -0.39 is 28.5 Å². The van der Waals surface area contributed by atoms with Crippen LogP contribution in [0, 0.1) is 0 Å². The van der Waals surface area contributed by atoms with Gasteiger partial charge < -0.3 is 15.0 Å². The van der Waals surface area contributed by atoms with Crippen molar-refractivity contribution in [2.24, 2.45) is 0 Å². The third-order valence-electron chi connectivity index (χ3n) is 5.09. The number of carbonyl (C=O) groups excluding carboxylic acids is 2. The summed E-state index contributed by atoms with van der Waals surface area (Å²) in [4.78, 5) is 27.4. The predicted molar refractivity (Wildman–Crippen MR) is 135 cm³/mol. The monoisotopic (exact) mass is 529 g/mol. The largest absolute Gasteiger partial charge is 0.497 e. The molecule has 1 N–H and O–H groups in total. The highest BCUT2D eigenvalue weighted by atomic mass is 35.5. The second-order valence-electron chi connectivity index (χ2n) is 7.70. The minimum Gasteiger partial charge on any atom is -0.497 e. The summed E-state index contributed by atoms with van der Waals surface area (Å²) < 4.78 is 31.2. The van der Waals surface area contributed by atoms with Gasteiger partial charge in [-0.2, -0.15) is 0 Å². The van der Waals surface area contributed by atoms with E-state index in [0.717, 1.165) is 17.0 Å². The molecule has 0 spiro atoms. The predicted octanol–water partition coefficient (Wildman–Crippen LogP) is 3.71. The topological polar surface area (TPSA) is 96.0 Å². The summed E-state index contributed by atoms with van der Waals surface area (Å²) in [6.07, 6.45) is 1.75. The summed E-state index contributed by atoms with van der Waals surface area (Å²) in [5.41, 5.74) is 0.947. The van der Waals surface area contributed by atoms with E-state index in [1.54, 1.807) is 49.4 Å². The average molecular weight is 530 g/mol. The minimum absolute atomic E-state index is 0.0383. The second-order valence-corrected chi connectivity index (χ2v) is 10.4. The molecule has 0 aromatic heterocycles. The molecule has 2 amide bonds. The number of amides is 2. The van der Waals surface area contributed by atoms with Gasteiger partial charge in [0.25, 0.3) is 0 Å². The molecule has 0 fully saturated rings. The number of halogens is 2. The first kappa shape index (κ1) is 27.8. The molecule has 0 heterocycles. The first-order valence-corrected chi connectivity index (χ1v) is 13.2. The third-order valence-corrected chi connectivity index (χ3v) is 6.97. The Balaban J connectivity index is 2.38. The molecule has 0 radical (unpaired) electrons. The van der Waals surface area contributed by atoms with Crippen LogP contribution in [0.5, 0.6) is 5.75 Å². The van der Waals surface area contributed by atoms with Gasteiger partial charge in [0.05, 0.1) is 29.1 Å². The van der Waals surface area contributed by atoms with Gasteiger partial charge in [0.2, 0.25) is 21.8 Å². The van der Waals surface area contributed by atoms with E-state index in [4.69, 9.17) is 27.9 Å². The number of hydrogen-bond acceptors (Lipinski definition) is 5. The fourth-order valence-electron chi connectivity index (χ4n) is 3.18. The third kappa shape index (κ3) is 7.51. The first-order valence-electron chi connectivity index (χ1n) is 10.6. The lowest BCUT2D eigenvalue weighted by Crippen LogP contribution is -2.51. The maximum atomic E-state index is 13.4. The van der Waals surface area contributed by atoms with Crippen molar-refractivity contribution >= 4 is 50.7 Å². The van der Waals surface area contributed by atoms with Crippen LogP contribution in [0.1, 0.15) is 25.8 Å². The fourth-order valence-corrected chi connectivity index (χ4v) is 4.35. The van der Waals surface area contributed by atoms with Crippen LogP contribution in [0.2, 0.25) is 10.0 Å². The van der Waals surface area contributed by atoms with Crippen molar-refractivity contribution in [2.45, 2.75) is 32.9 Å². The Labute approximate surface area is 210 Å². The number of nitrogens with one attached hydrogen (secondary N) is 1. The van der Waals surface area contributed by atoms with Crippen LogP contribution in [0.25, 0.3) is 0 Å². The number of sulfonamides is 1. The highest BCUT2D eigenvalue weighted by Crippen LogP contribution is 2.25. The van der Waals surface area contributed by atoms with Crippen LogP contribution in [0.4, 0.5) is 5.69 Å². The molecule has 2 aromatic carbocycles. The Morgan fingerprint density at radius 3 is 2.26 bits per heavy atom. The van der Waals surface area contributed by atoms with Crippen LogP contribution < -0.4 is 14.4 Å². The summed E-state index contributed by atoms with van der Waals surface area (Å²) in [6, 6.07) is 10.4. The molecular formula is C23H29Cl2N3O5S.